The molecule has 0 amide bonds. The monoisotopic (exact) mass is 1240 g/mol. The minimum atomic E-state index is 0.00636. The van der Waals surface area contributed by atoms with Gasteiger partial charge in [-0.25, -0.2) is 0 Å². The van der Waals surface area contributed by atoms with Gasteiger partial charge in [0.25, 0.3) is 0 Å². The molecule has 5 heteroatoms. The predicted molar refractivity (Wildman–Crippen MR) is 406 cm³/mol. The minimum Gasteiger partial charge on any atom is -0.311 e. The van der Waals surface area contributed by atoms with Gasteiger partial charge in [-0.2, -0.15) is 0 Å². The van der Waals surface area contributed by atoms with Crippen molar-refractivity contribution in [3.63, 3.8) is 0 Å². The number of hydrogen-bond donors (Lipinski definition) is 0. The van der Waals surface area contributed by atoms with Crippen LogP contribution in [0, 0.1) is 62.3 Å². The Hall–Kier alpha value is -9.73. The topological polar surface area (TPSA) is 13.0 Å². The zero-order valence-electron chi connectivity index (χ0n) is 57.7. The van der Waals surface area contributed by atoms with Crippen LogP contribution in [0.4, 0.5) is 68.2 Å². The molecule has 1 aliphatic carbocycles. The van der Waals surface area contributed by atoms with E-state index in [2.05, 4.69) is 367 Å². The highest BCUT2D eigenvalue weighted by Gasteiger charge is 2.36. The molecule has 12 aromatic rings. The molecular formula is C88H89N4P. The lowest BCUT2D eigenvalue weighted by molar-refractivity contribution is 0.346. The summed E-state index contributed by atoms with van der Waals surface area (Å²) in [4.78, 5) is 9.43. The molecule has 0 bridgehead atoms. The number of benzene rings is 12. The average molecular weight is 1240 g/mol. The molecular weight excluding hydrogens is 1140 g/mol. The van der Waals surface area contributed by atoms with Crippen molar-refractivity contribution in [2.45, 2.75) is 99.8 Å². The van der Waals surface area contributed by atoms with Gasteiger partial charge in [-0.1, -0.05) is 188 Å². The largest absolute Gasteiger partial charge is 0.311 e. The van der Waals surface area contributed by atoms with Gasteiger partial charge in [-0.15, -0.1) is 9.18 Å². The third-order valence-corrected chi connectivity index (χ3v) is 18.3. The predicted octanol–water partition coefficient (Wildman–Crippen LogP) is 25.4. The second kappa shape index (κ2) is 29.7. The Balaban J connectivity index is 0.000000184. The number of aryl methyl sites for hydroxylation is 9. The molecule has 1 saturated carbocycles. The number of rotatable bonds is 15. The van der Waals surface area contributed by atoms with Gasteiger partial charge in [-0.3, -0.25) is 0 Å². The molecule has 1 atom stereocenters. The Morgan fingerprint density at radius 2 is 0.538 bits per heavy atom. The zero-order chi connectivity index (χ0) is 66.4. The van der Waals surface area contributed by atoms with E-state index < -0.39 is 0 Å². The Kier molecular flexibility index (Phi) is 19.8. The maximum absolute atomic E-state index is 6.29. The van der Waals surface area contributed by atoms with Crippen LogP contribution in [0.2, 0.25) is 0 Å². The quantitative estimate of drug-likeness (QED) is 0.0949. The molecule has 0 saturated heterocycles. The van der Waals surface area contributed by atoms with Gasteiger partial charge in [0.2, 0.25) is 0 Å². The highest BCUT2D eigenvalue weighted by atomic mass is 31.0. The van der Waals surface area contributed by atoms with Crippen LogP contribution in [0.1, 0.15) is 94.7 Å². The fourth-order valence-electron chi connectivity index (χ4n) is 13.4. The number of anilines is 12. The van der Waals surface area contributed by atoms with E-state index in [9.17, 15) is 0 Å². The SMILES string of the molecule is Cc1ccc(N(c2ccc(C)cc2)c2ccc(C3(c4ccc(N(c5ccc(C)cc5)c5ccc(C)cc5)cc4)CCCCC3)cc2)cc1.Cc1cccc(N(c2ccccc2)c2ccc(-c3ccc(N(c4cccc(C)c4)c4cccc(C)c4)cc3C)c(C)c2)c1.[2H]PC[3H]. The van der Waals surface area contributed by atoms with Gasteiger partial charge in [0, 0.05) is 75.0 Å². The lowest BCUT2D eigenvalue weighted by Crippen LogP contribution is -2.30. The summed E-state index contributed by atoms with van der Waals surface area (Å²) in [6.07, 6.45) is 6.15. The van der Waals surface area contributed by atoms with Crippen molar-refractivity contribution in [1.82, 2.24) is 0 Å². The molecule has 466 valence electrons. The van der Waals surface area contributed by atoms with Crippen LogP contribution in [-0.4, -0.2) is 7.92 Å². The standard InChI is InChI=1S/C46H46N2.C41H38N2.CH5P/c1-34-8-20-40(21-9-34)47(41-22-10-35(2)11-23-41)44-28-16-38(17-29-44)46(32-6-5-7-33-46)39-18-30-45(31-19-39)48(42-24-12-36(3)13-25-42)43-26-14-37(4)15-27-43;1-29-12-9-17-35(24-29)42(34-15-7-6-8-16-34)38-20-22-40(32(4)27-38)41-23-21-39(28-33(41)5)43(36-18-10-13-30(2)25-36)37-19-11-14-31(3)26-37;1-2/h8-31H,5-7,32-33H2,1-4H3;6-28H,1-5H3;2H2,1H3/i;;1T,2D. The van der Waals surface area contributed by atoms with E-state index in [1.165, 1.54) is 139 Å². The summed E-state index contributed by atoms with van der Waals surface area (Å²) in [5.41, 5.74) is 30.6. The van der Waals surface area contributed by atoms with E-state index in [1.807, 2.05) is 0 Å². The molecule has 1 unspecified atom stereocenters. The third kappa shape index (κ3) is 15.0. The molecule has 0 aromatic heterocycles. The van der Waals surface area contributed by atoms with Crippen molar-refractivity contribution in [2.24, 2.45) is 0 Å². The Morgan fingerprint density at radius 3 is 0.839 bits per heavy atom. The van der Waals surface area contributed by atoms with E-state index >= 15 is 0 Å². The van der Waals surface area contributed by atoms with E-state index in [0.717, 1.165) is 34.1 Å². The first-order valence-corrected chi connectivity index (χ1v) is 33.5. The van der Waals surface area contributed by atoms with E-state index in [1.54, 1.807) is 0 Å². The average Bonchev–Trinajstić information content (AvgIpc) is 0.777. The van der Waals surface area contributed by atoms with Crippen LogP contribution in [-0.2, 0) is 5.41 Å². The van der Waals surface area contributed by atoms with Crippen LogP contribution < -0.4 is 19.6 Å². The van der Waals surface area contributed by atoms with Gasteiger partial charge < -0.3 is 19.6 Å². The Morgan fingerprint density at radius 1 is 0.280 bits per heavy atom. The molecule has 0 aliphatic heterocycles. The van der Waals surface area contributed by atoms with Crippen LogP contribution in [0.15, 0.2) is 285 Å². The van der Waals surface area contributed by atoms with Gasteiger partial charge >= 0.3 is 0 Å². The van der Waals surface area contributed by atoms with Gasteiger partial charge in [0.1, 0.15) is 0 Å². The molecule has 12 aromatic carbocycles. The maximum atomic E-state index is 6.29. The van der Waals surface area contributed by atoms with Gasteiger partial charge in [0.15, 0.2) is 0 Å². The maximum Gasteiger partial charge on any atom is 0.0543 e. The number of hydrogen-bond acceptors (Lipinski definition) is 4. The van der Waals surface area contributed by atoms with Crippen LogP contribution >= 0.6 is 9.18 Å². The molecule has 4 nitrogen and oxygen atoms in total. The molecule has 93 heavy (non-hydrogen) atoms. The lowest BCUT2D eigenvalue weighted by atomic mass is 9.65. The van der Waals surface area contributed by atoms with Crippen molar-refractivity contribution in [1.29, 1.82) is 1.28 Å². The molecule has 1 aliphatic rings. The third-order valence-electron chi connectivity index (χ3n) is 18.3. The molecule has 13 rings (SSSR count). The lowest BCUT2D eigenvalue weighted by Gasteiger charge is -2.39. The van der Waals surface area contributed by atoms with Crippen LogP contribution in [0.25, 0.3) is 11.1 Å². The zero-order valence-corrected chi connectivity index (χ0v) is 56.7. The van der Waals surface area contributed by atoms with Crippen molar-refractivity contribution in [3.8, 4) is 11.1 Å². The second-order valence-electron chi connectivity index (χ2n) is 25.3. The first-order chi connectivity index (χ1) is 46.2. The fourth-order valence-corrected chi connectivity index (χ4v) is 13.4. The fraction of sp³-hybridized carbons (Fsp3) is 0.182. The molecule has 0 radical (unpaired) electrons. The summed E-state index contributed by atoms with van der Waals surface area (Å²) >= 11 is 0. The van der Waals surface area contributed by atoms with Crippen LogP contribution in [0.5, 0.6) is 0 Å². The van der Waals surface area contributed by atoms with Crippen LogP contribution in [0.3, 0.4) is 0 Å². The summed E-state index contributed by atoms with van der Waals surface area (Å²) in [6.45, 7) is 19.7. The number of para-hydroxylation sites is 1. The summed E-state index contributed by atoms with van der Waals surface area (Å²) in [5.74, 6) is 0. The molecule has 0 spiro atoms. The summed E-state index contributed by atoms with van der Waals surface area (Å²) < 4.78 is 12.6. The summed E-state index contributed by atoms with van der Waals surface area (Å²) in [6, 6.07) is 105. The molecule has 1 fully saturated rings. The second-order valence-corrected chi connectivity index (χ2v) is 25.3. The van der Waals surface area contributed by atoms with Crippen molar-refractivity contribution in [2.75, 3.05) is 26.2 Å². The van der Waals surface area contributed by atoms with Crippen molar-refractivity contribution < 1.29 is 1.37 Å². The summed E-state index contributed by atoms with van der Waals surface area (Å²) in [5, 5.41) is 0. The smallest absolute Gasteiger partial charge is 0.0543 e. The highest BCUT2D eigenvalue weighted by molar-refractivity contribution is 7.15. The molecule has 0 heterocycles. The highest BCUT2D eigenvalue weighted by Crippen LogP contribution is 2.48. The first-order valence-electron chi connectivity index (χ1n) is 34.0. The van der Waals surface area contributed by atoms with Crippen molar-refractivity contribution >= 4 is 77.4 Å². The number of nitrogens with zero attached hydrogens (tertiary/aromatic N) is 4. The van der Waals surface area contributed by atoms with E-state index in [4.69, 9.17) is 2.65 Å². The van der Waals surface area contributed by atoms with Gasteiger partial charge in [0.05, 0.1) is 1.28 Å². The molecule has 0 N–H and O–H groups in total. The summed E-state index contributed by atoms with van der Waals surface area (Å²) in [7, 11) is 0.0571. The van der Waals surface area contributed by atoms with Crippen molar-refractivity contribution in [3.05, 3.63) is 346 Å². The first kappa shape index (κ1) is 62.1. The Labute approximate surface area is 560 Å². The van der Waals surface area contributed by atoms with Gasteiger partial charge in [-0.05, 0) is 271 Å². The minimum absolute atomic E-state index is 0.00636. The Bertz CT molecular complexity index is 4170. The van der Waals surface area contributed by atoms with E-state index in [0.29, 0.717) is 0 Å². The normalized spacial score (nSPS) is 12.7. The van der Waals surface area contributed by atoms with E-state index in [-0.39, 0.29) is 21.2 Å².